The van der Waals surface area contributed by atoms with E-state index in [9.17, 15) is 0 Å². The molecule has 0 spiro atoms. The summed E-state index contributed by atoms with van der Waals surface area (Å²) in [7, 11) is 0. The highest BCUT2D eigenvalue weighted by Crippen LogP contribution is 2.26. The molecule has 17 heavy (non-hydrogen) atoms. The molecule has 2 rings (SSSR count). The van der Waals surface area contributed by atoms with Gasteiger partial charge in [-0.2, -0.15) is 0 Å². The number of rotatable bonds is 2. The molecule has 0 aliphatic carbocycles. The predicted molar refractivity (Wildman–Crippen MR) is 71.3 cm³/mol. The molecule has 0 aliphatic heterocycles. The van der Waals surface area contributed by atoms with Crippen LogP contribution in [0.15, 0.2) is 24.3 Å². The number of anilines is 2. The van der Waals surface area contributed by atoms with E-state index in [0.717, 1.165) is 16.9 Å². The van der Waals surface area contributed by atoms with E-state index in [1.165, 1.54) is 0 Å². The van der Waals surface area contributed by atoms with Crippen molar-refractivity contribution in [1.29, 1.82) is 0 Å². The lowest BCUT2D eigenvalue weighted by Crippen LogP contribution is -1.97. The molecule has 88 valence electrons. The molecule has 5 heteroatoms. The number of nitrogens with one attached hydrogen (secondary N) is 1. The van der Waals surface area contributed by atoms with E-state index in [1.807, 2.05) is 38.1 Å². The molecular weight excluding hydrogens is 257 g/mol. The fourth-order valence-corrected chi connectivity index (χ4v) is 1.86. The van der Waals surface area contributed by atoms with Crippen LogP contribution in [0, 0.1) is 13.8 Å². The molecular formula is C12H11Cl2N3. The molecule has 2 aromatic rings. The average Bonchev–Trinajstić information content (AvgIpc) is 2.22. The minimum Gasteiger partial charge on any atom is -0.339 e. The lowest BCUT2D eigenvalue weighted by Gasteiger charge is -2.09. The summed E-state index contributed by atoms with van der Waals surface area (Å²) in [5.74, 6) is 0.634. The van der Waals surface area contributed by atoms with Gasteiger partial charge < -0.3 is 5.32 Å². The maximum atomic E-state index is 6.09. The van der Waals surface area contributed by atoms with Crippen LogP contribution in [0.25, 0.3) is 0 Å². The molecule has 1 aromatic carbocycles. The van der Waals surface area contributed by atoms with Crippen molar-refractivity contribution < 1.29 is 0 Å². The van der Waals surface area contributed by atoms with Gasteiger partial charge in [-0.25, -0.2) is 9.97 Å². The Morgan fingerprint density at radius 3 is 2.53 bits per heavy atom. The van der Waals surface area contributed by atoms with Crippen LogP contribution in [0.5, 0.6) is 0 Å². The van der Waals surface area contributed by atoms with Crippen molar-refractivity contribution in [2.75, 3.05) is 5.32 Å². The third kappa shape index (κ3) is 3.08. The van der Waals surface area contributed by atoms with E-state index in [0.29, 0.717) is 10.8 Å². The smallest absolute Gasteiger partial charge is 0.224 e. The maximum Gasteiger partial charge on any atom is 0.224 e. The molecule has 0 radical (unpaired) electrons. The van der Waals surface area contributed by atoms with Gasteiger partial charge in [0.15, 0.2) is 0 Å². The van der Waals surface area contributed by atoms with Gasteiger partial charge in [0.2, 0.25) is 5.28 Å². The number of hydrogen-bond acceptors (Lipinski definition) is 3. The fraction of sp³-hybridized carbons (Fsp3) is 0.167. The molecule has 0 atom stereocenters. The van der Waals surface area contributed by atoms with Gasteiger partial charge in [-0.05, 0) is 43.1 Å². The number of hydrogen-bond donors (Lipinski definition) is 1. The Bertz CT molecular complexity index is 535. The van der Waals surface area contributed by atoms with Crippen LogP contribution >= 0.6 is 23.2 Å². The van der Waals surface area contributed by atoms with Crippen LogP contribution < -0.4 is 5.32 Å². The third-order valence-electron chi connectivity index (χ3n) is 2.21. The molecule has 0 fully saturated rings. The first kappa shape index (κ1) is 12.1. The fourth-order valence-electron chi connectivity index (χ4n) is 1.47. The van der Waals surface area contributed by atoms with E-state index in [4.69, 9.17) is 23.2 Å². The maximum absolute atomic E-state index is 6.09. The second kappa shape index (κ2) is 4.90. The van der Waals surface area contributed by atoms with Crippen molar-refractivity contribution in [2.45, 2.75) is 13.8 Å². The second-order valence-corrected chi connectivity index (χ2v) is 4.52. The molecule has 0 unspecified atom stereocenters. The minimum atomic E-state index is 0.219. The molecule has 0 amide bonds. The summed E-state index contributed by atoms with van der Waals surface area (Å²) in [5.41, 5.74) is 2.73. The summed E-state index contributed by atoms with van der Waals surface area (Å²) in [4.78, 5) is 8.08. The van der Waals surface area contributed by atoms with Gasteiger partial charge in [0.25, 0.3) is 0 Å². The van der Waals surface area contributed by atoms with E-state index in [2.05, 4.69) is 15.3 Å². The molecule has 0 aliphatic rings. The lowest BCUT2D eigenvalue weighted by atomic mass is 10.2. The van der Waals surface area contributed by atoms with Gasteiger partial charge in [-0.3, -0.25) is 0 Å². The number of nitrogens with zero attached hydrogens (tertiary/aromatic N) is 2. The number of aryl methyl sites for hydroxylation is 2. The van der Waals surface area contributed by atoms with E-state index in [-0.39, 0.29) is 5.28 Å². The van der Waals surface area contributed by atoms with Crippen LogP contribution in [0.3, 0.4) is 0 Å². The zero-order valence-electron chi connectivity index (χ0n) is 9.46. The largest absolute Gasteiger partial charge is 0.339 e. The molecule has 0 bridgehead atoms. The van der Waals surface area contributed by atoms with Crippen LogP contribution in [0.2, 0.25) is 10.3 Å². The Hall–Kier alpha value is -1.32. The monoisotopic (exact) mass is 267 g/mol. The average molecular weight is 268 g/mol. The van der Waals surface area contributed by atoms with Crippen molar-refractivity contribution >= 4 is 34.7 Å². The van der Waals surface area contributed by atoms with Gasteiger partial charge in [-0.1, -0.05) is 17.7 Å². The first-order valence-electron chi connectivity index (χ1n) is 5.09. The van der Waals surface area contributed by atoms with Gasteiger partial charge in [0.05, 0.1) is 10.7 Å². The molecule has 3 nitrogen and oxygen atoms in total. The first-order valence-corrected chi connectivity index (χ1v) is 5.84. The molecule has 1 N–H and O–H groups in total. The number of halogens is 2. The van der Waals surface area contributed by atoms with Crippen LogP contribution in [0.1, 0.15) is 11.3 Å². The highest BCUT2D eigenvalue weighted by molar-refractivity contribution is 6.33. The van der Waals surface area contributed by atoms with Crippen LogP contribution in [-0.4, -0.2) is 9.97 Å². The predicted octanol–water partition coefficient (Wildman–Crippen LogP) is 4.14. The quantitative estimate of drug-likeness (QED) is 0.831. The molecule has 1 heterocycles. The van der Waals surface area contributed by atoms with E-state index < -0.39 is 0 Å². The third-order valence-corrected chi connectivity index (χ3v) is 2.71. The summed E-state index contributed by atoms with van der Waals surface area (Å²) in [6.45, 7) is 3.86. The SMILES string of the molecule is Cc1ccc(Cl)c(Nc2cc(C)nc(Cl)n2)c1. The molecule has 1 aromatic heterocycles. The highest BCUT2D eigenvalue weighted by atomic mass is 35.5. The van der Waals surface area contributed by atoms with Crippen molar-refractivity contribution in [2.24, 2.45) is 0 Å². The van der Waals surface area contributed by atoms with E-state index >= 15 is 0 Å². The zero-order chi connectivity index (χ0) is 12.4. The van der Waals surface area contributed by atoms with Crippen LogP contribution in [0.4, 0.5) is 11.5 Å². The first-order chi connectivity index (χ1) is 8.04. The van der Waals surface area contributed by atoms with Crippen LogP contribution in [-0.2, 0) is 0 Å². The Balaban J connectivity index is 2.34. The Morgan fingerprint density at radius 2 is 1.82 bits per heavy atom. The van der Waals surface area contributed by atoms with Gasteiger partial charge in [-0.15, -0.1) is 0 Å². The van der Waals surface area contributed by atoms with Crippen molar-refractivity contribution in [3.63, 3.8) is 0 Å². The minimum absolute atomic E-state index is 0.219. The normalized spacial score (nSPS) is 10.4. The topological polar surface area (TPSA) is 37.8 Å². The second-order valence-electron chi connectivity index (χ2n) is 3.77. The number of benzene rings is 1. The van der Waals surface area contributed by atoms with Crippen molar-refractivity contribution in [1.82, 2.24) is 9.97 Å². The Labute approximate surface area is 110 Å². The van der Waals surface area contributed by atoms with Gasteiger partial charge in [0, 0.05) is 11.8 Å². The van der Waals surface area contributed by atoms with E-state index in [1.54, 1.807) is 0 Å². The molecule has 0 saturated heterocycles. The molecule has 0 saturated carbocycles. The standard InChI is InChI=1S/C12H11Cl2N3/c1-7-3-4-9(13)10(5-7)16-11-6-8(2)15-12(14)17-11/h3-6H,1-2H3,(H,15,16,17). The Kier molecular flexibility index (Phi) is 3.50. The zero-order valence-corrected chi connectivity index (χ0v) is 11.0. The highest BCUT2D eigenvalue weighted by Gasteiger charge is 2.04. The Morgan fingerprint density at radius 1 is 1.06 bits per heavy atom. The summed E-state index contributed by atoms with van der Waals surface area (Å²) in [6, 6.07) is 7.55. The summed E-state index contributed by atoms with van der Waals surface area (Å²) in [5, 5.41) is 3.99. The lowest BCUT2D eigenvalue weighted by molar-refractivity contribution is 1.10. The summed E-state index contributed by atoms with van der Waals surface area (Å²) >= 11 is 11.9. The van der Waals surface area contributed by atoms with Crippen molar-refractivity contribution in [3.8, 4) is 0 Å². The van der Waals surface area contributed by atoms with Gasteiger partial charge >= 0.3 is 0 Å². The summed E-state index contributed by atoms with van der Waals surface area (Å²) < 4.78 is 0. The summed E-state index contributed by atoms with van der Waals surface area (Å²) in [6.07, 6.45) is 0. The van der Waals surface area contributed by atoms with Gasteiger partial charge in [0.1, 0.15) is 5.82 Å². The van der Waals surface area contributed by atoms with Crippen molar-refractivity contribution in [3.05, 3.63) is 45.8 Å². The number of aromatic nitrogens is 2.